The molecule has 14 heavy (non-hydrogen) atoms. The molecule has 0 saturated heterocycles. The summed E-state index contributed by atoms with van der Waals surface area (Å²) in [7, 11) is 1.55. The Hall–Kier alpha value is -1.06. The molecular formula is C10H19NO3. The van der Waals surface area contributed by atoms with Crippen molar-refractivity contribution in [2.24, 2.45) is 0 Å². The molecule has 1 N–H and O–H groups in total. The molecule has 82 valence electrons. The van der Waals surface area contributed by atoms with Crippen molar-refractivity contribution in [3.63, 3.8) is 0 Å². The van der Waals surface area contributed by atoms with Gasteiger partial charge in [-0.15, -0.1) is 0 Å². The number of hydrogen-bond acceptors (Lipinski definition) is 2. The van der Waals surface area contributed by atoms with Crippen molar-refractivity contribution in [1.82, 2.24) is 4.90 Å². The topological polar surface area (TPSA) is 57.6 Å². The van der Waals surface area contributed by atoms with Crippen LogP contribution in [0.4, 0.5) is 0 Å². The van der Waals surface area contributed by atoms with Gasteiger partial charge in [-0.25, -0.2) is 4.79 Å². The van der Waals surface area contributed by atoms with E-state index >= 15 is 0 Å². The van der Waals surface area contributed by atoms with Crippen LogP contribution in [0.3, 0.4) is 0 Å². The predicted molar refractivity (Wildman–Crippen MR) is 54.0 cm³/mol. The minimum absolute atomic E-state index is 0.206. The first kappa shape index (κ1) is 12.9. The first-order chi connectivity index (χ1) is 6.42. The van der Waals surface area contributed by atoms with Gasteiger partial charge in [-0.1, -0.05) is 20.3 Å². The van der Waals surface area contributed by atoms with Crippen LogP contribution in [0.2, 0.25) is 0 Å². The van der Waals surface area contributed by atoms with Crippen molar-refractivity contribution in [3.05, 3.63) is 0 Å². The SMILES string of the molecule is CCCC(CC)(C(=O)O)N(C)C(C)=O. The Kier molecular flexibility index (Phi) is 4.60. The largest absolute Gasteiger partial charge is 0.479 e. The van der Waals surface area contributed by atoms with Crippen LogP contribution in [0, 0.1) is 0 Å². The summed E-state index contributed by atoms with van der Waals surface area (Å²) in [5.41, 5.74) is -1.03. The number of carbonyl (C=O) groups is 2. The van der Waals surface area contributed by atoms with E-state index in [2.05, 4.69) is 0 Å². The highest BCUT2D eigenvalue weighted by atomic mass is 16.4. The minimum atomic E-state index is -1.03. The van der Waals surface area contributed by atoms with Gasteiger partial charge in [0, 0.05) is 14.0 Å². The van der Waals surface area contributed by atoms with Crippen molar-refractivity contribution >= 4 is 11.9 Å². The van der Waals surface area contributed by atoms with Gasteiger partial charge in [-0.3, -0.25) is 4.79 Å². The Morgan fingerprint density at radius 2 is 1.86 bits per heavy atom. The second-order valence-electron chi connectivity index (χ2n) is 3.52. The van der Waals surface area contributed by atoms with E-state index in [-0.39, 0.29) is 5.91 Å². The molecule has 1 unspecified atom stereocenters. The third-order valence-corrected chi connectivity index (χ3v) is 2.76. The lowest BCUT2D eigenvalue weighted by Crippen LogP contribution is -2.54. The van der Waals surface area contributed by atoms with Crippen molar-refractivity contribution in [2.45, 2.75) is 45.6 Å². The predicted octanol–water partition coefficient (Wildman–Crippen LogP) is 1.50. The summed E-state index contributed by atoms with van der Waals surface area (Å²) >= 11 is 0. The molecular weight excluding hydrogens is 182 g/mol. The highest BCUT2D eigenvalue weighted by molar-refractivity contribution is 5.85. The van der Waals surface area contributed by atoms with Gasteiger partial charge in [0.2, 0.25) is 5.91 Å². The van der Waals surface area contributed by atoms with Gasteiger partial charge in [0.1, 0.15) is 5.54 Å². The average Bonchev–Trinajstić information content (AvgIpc) is 2.12. The number of rotatable bonds is 5. The van der Waals surface area contributed by atoms with Crippen molar-refractivity contribution in [1.29, 1.82) is 0 Å². The van der Waals surface area contributed by atoms with Crippen LogP contribution >= 0.6 is 0 Å². The number of hydrogen-bond donors (Lipinski definition) is 1. The van der Waals surface area contributed by atoms with Gasteiger partial charge < -0.3 is 10.0 Å². The minimum Gasteiger partial charge on any atom is -0.479 e. The molecule has 0 bridgehead atoms. The molecule has 1 atom stereocenters. The van der Waals surface area contributed by atoms with E-state index in [4.69, 9.17) is 0 Å². The Bertz CT molecular complexity index is 227. The lowest BCUT2D eigenvalue weighted by molar-refractivity contribution is -0.158. The molecule has 0 radical (unpaired) electrons. The molecule has 0 aromatic heterocycles. The van der Waals surface area contributed by atoms with Crippen LogP contribution in [0.25, 0.3) is 0 Å². The molecule has 0 aliphatic carbocycles. The summed E-state index contributed by atoms with van der Waals surface area (Å²) in [6.07, 6.45) is 1.68. The van der Waals surface area contributed by atoms with Crippen LogP contribution in [0.15, 0.2) is 0 Å². The number of carboxylic acids is 1. The first-order valence-electron chi connectivity index (χ1n) is 4.90. The lowest BCUT2D eigenvalue weighted by Gasteiger charge is -2.36. The normalized spacial score (nSPS) is 14.6. The fourth-order valence-corrected chi connectivity index (χ4v) is 1.70. The zero-order valence-electron chi connectivity index (χ0n) is 9.33. The number of likely N-dealkylation sites (N-methyl/N-ethyl adjacent to an activating group) is 1. The summed E-state index contributed by atoms with van der Waals surface area (Å²) in [6.45, 7) is 5.10. The molecule has 4 heteroatoms. The van der Waals surface area contributed by atoms with E-state index in [1.54, 1.807) is 14.0 Å². The van der Waals surface area contributed by atoms with Crippen molar-refractivity contribution in [3.8, 4) is 0 Å². The maximum Gasteiger partial charge on any atom is 0.329 e. The maximum atomic E-state index is 11.2. The first-order valence-corrected chi connectivity index (χ1v) is 4.90. The number of aliphatic carboxylic acids is 1. The summed E-state index contributed by atoms with van der Waals surface area (Å²) in [5, 5.41) is 9.18. The van der Waals surface area contributed by atoms with Crippen LogP contribution < -0.4 is 0 Å². The fraction of sp³-hybridized carbons (Fsp3) is 0.800. The standard InChI is InChI=1S/C10H19NO3/c1-5-7-10(6-2,9(13)14)11(4)8(3)12/h5-7H2,1-4H3,(H,13,14). The summed E-state index contributed by atoms with van der Waals surface area (Å²) < 4.78 is 0. The van der Waals surface area contributed by atoms with E-state index in [0.29, 0.717) is 12.8 Å². The van der Waals surface area contributed by atoms with Gasteiger partial charge in [-0.2, -0.15) is 0 Å². The molecule has 0 aromatic carbocycles. The molecule has 0 spiro atoms. The van der Waals surface area contributed by atoms with Crippen LogP contribution in [-0.2, 0) is 9.59 Å². The van der Waals surface area contributed by atoms with Gasteiger partial charge >= 0.3 is 5.97 Å². The lowest BCUT2D eigenvalue weighted by atomic mass is 9.89. The molecule has 1 amide bonds. The number of amides is 1. The number of nitrogens with zero attached hydrogens (tertiary/aromatic N) is 1. The van der Waals surface area contributed by atoms with E-state index < -0.39 is 11.5 Å². The van der Waals surface area contributed by atoms with Crippen LogP contribution in [-0.4, -0.2) is 34.5 Å². The number of carbonyl (C=O) groups excluding carboxylic acids is 1. The highest BCUT2D eigenvalue weighted by Gasteiger charge is 2.41. The number of carboxylic acid groups (broad SMARTS) is 1. The Morgan fingerprint density at radius 3 is 2.07 bits per heavy atom. The van der Waals surface area contributed by atoms with Gasteiger partial charge in [-0.05, 0) is 12.8 Å². The van der Waals surface area contributed by atoms with E-state index in [1.165, 1.54) is 11.8 Å². The van der Waals surface area contributed by atoms with Gasteiger partial charge in [0.25, 0.3) is 0 Å². The average molecular weight is 201 g/mol. The molecule has 0 aliphatic rings. The summed E-state index contributed by atoms with van der Waals surface area (Å²) in [5.74, 6) is -1.12. The molecule has 0 heterocycles. The fourth-order valence-electron chi connectivity index (χ4n) is 1.70. The third-order valence-electron chi connectivity index (χ3n) is 2.76. The van der Waals surface area contributed by atoms with E-state index in [1.807, 2.05) is 6.92 Å². The quantitative estimate of drug-likeness (QED) is 0.733. The Labute approximate surface area is 84.9 Å². The molecule has 0 fully saturated rings. The molecule has 0 aliphatic heterocycles. The zero-order valence-corrected chi connectivity index (χ0v) is 9.33. The maximum absolute atomic E-state index is 11.2. The summed E-state index contributed by atoms with van der Waals surface area (Å²) in [6, 6.07) is 0. The molecule has 0 aromatic rings. The second kappa shape index (κ2) is 4.98. The molecule has 4 nitrogen and oxygen atoms in total. The smallest absolute Gasteiger partial charge is 0.329 e. The zero-order chi connectivity index (χ0) is 11.4. The second-order valence-corrected chi connectivity index (χ2v) is 3.52. The molecule has 0 saturated carbocycles. The van der Waals surface area contributed by atoms with Gasteiger partial charge in [0.05, 0.1) is 0 Å². The highest BCUT2D eigenvalue weighted by Crippen LogP contribution is 2.25. The van der Waals surface area contributed by atoms with Crippen LogP contribution in [0.1, 0.15) is 40.0 Å². The van der Waals surface area contributed by atoms with Crippen molar-refractivity contribution in [2.75, 3.05) is 7.05 Å². The third kappa shape index (κ3) is 2.25. The van der Waals surface area contributed by atoms with E-state index in [0.717, 1.165) is 6.42 Å². The van der Waals surface area contributed by atoms with Crippen molar-refractivity contribution < 1.29 is 14.7 Å². The molecule has 0 rings (SSSR count). The van der Waals surface area contributed by atoms with E-state index in [9.17, 15) is 14.7 Å². The Balaban J connectivity index is 5.02. The van der Waals surface area contributed by atoms with Crippen LogP contribution in [0.5, 0.6) is 0 Å². The Morgan fingerprint density at radius 1 is 1.36 bits per heavy atom. The summed E-state index contributed by atoms with van der Waals surface area (Å²) in [4.78, 5) is 23.7. The monoisotopic (exact) mass is 201 g/mol. The van der Waals surface area contributed by atoms with Gasteiger partial charge in [0.15, 0.2) is 0 Å².